The number of piperazine rings is 1. The fraction of sp³-hybridized carbons (Fsp3) is 0.588. The highest BCUT2D eigenvalue weighted by Gasteiger charge is 2.18. The molecule has 0 N–H and O–H groups in total. The molecule has 2 aliphatic rings. The molecule has 0 aromatic carbocycles. The molecule has 2 aromatic rings. The monoisotopic (exact) mass is 329 g/mol. The summed E-state index contributed by atoms with van der Waals surface area (Å²) in [6, 6.07) is 1.78. The number of hydrogen-bond donors (Lipinski definition) is 0. The van der Waals surface area contributed by atoms with Gasteiger partial charge in [0.15, 0.2) is 0 Å². The van der Waals surface area contributed by atoms with Crippen molar-refractivity contribution in [2.45, 2.75) is 32.4 Å². The molecule has 3 heterocycles. The van der Waals surface area contributed by atoms with Crippen molar-refractivity contribution < 1.29 is 4.52 Å². The van der Waals surface area contributed by atoms with Crippen LogP contribution in [0.5, 0.6) is 0 Å². The Labute approximate surface area is 140 Å². The summed E-state index contributed by atoms with van der Waals surface area (Å²) in [5.41, 5.74) is 3.44. The van der Waals surface area contributed by atoms with Crippen molar-refractivity contribution in [1.29, 1.82) is 0 Å². The van der Waals surface area contributed by atoms with Gasteiger partial charge in [-0.1, -0.05) is 5.16 Å². The van der Waals surface area contributed by atoms with E-state index in [-0.39, 0.29) is 5.56 Å². The van der Waals surface area contributed by atoms with Crippen LogP contribution in [-0.2, 0) is 25.9 Å². The van der Waals surface area contributed by atoms with E-state index in [1.165, 1.54) is 0 Å². The van der Waals surface area contributed by atoms with E-state index in [0.717, 1.165) is 75.4 Å². The molecule has 0 bridgehead atoms. The average Bonchev–Trinajstić information content (AvgIpc) is 3.25. The molecule has 0 amide bonds. The molecule has 1 fully saturated rings. The zero-order valence-electron chi connectivity index (χ0n) is 13.9. The summed E-state index contributed by atoms with van der Waals surface area (Å²) in [4.78, 5) is 17.0. The quantitative estimate of drug-likeness (QED) is 0.797. The number of fused-ring (bicyclic) bond motifs is 1. The maximum Gasteiger partial charge on any atom is 0.267 e. The van der Waals surface area contributed by atoms with Gasteiger partial charge in [-0.2, -0.15) is 5.10 Å². The Bertz CT molecular complexity index is 732. The molecular formula is C17H23N5O2. The van der Waals surface area contributed by atoms with E-state index in [2.05, 4.69) is 20.1 Å². The maximum absolute atomic E-state index is 12.1. The lowest BCUT2D eigenvalue weighted by atomic mass is 10.2. The van der Waals surface area contributed by atoms with Gasteiger partial charge < -0.3 is 4.52 Å². The van der Waals surface area contributed by atoms with Crippen molar-refractivity contribution >= 4 is 0 Å². The summed E-state index contributed by atoms with van der Waals surface area (Å²) in [5, 5.41) is 8.30. The topological polar surface area (TPSA) is 67.4 Å². The molecule has 1 saturated heterocycles. The molecule has 1 aliphatic heterocycles. The van der Waals surface area contributed by atoms with Crippen LogP contribution in [0.3, 0.4) is 0 Å². The highest BCUT2D eigenvalue weighted by atomic mass is 16.5. The van der Waals surface area contributed by atoms with Crippen molar-refractivity contribution in [3.63, 3.8) is 0 Å². The highest BCUT2D eigenvalue weighted by Crippen LogP contribution is 2.17. The second-order valence-electron chi connectivity index (χ2n) is 6.68. The number of hydrogen-bond acceptors (Lipinski definition) is 6. The molecule has 7 heteroatoms. The Morgan fingerprint density at radius 2 is 1.92 bits per heavy atom. The fourth-order valence-corrected chi connectivity index (χ4v) is 3.57. The first kappa shape index (κ1) is 15.5. The summed E-state index contributed by atoms with van der Waals surface area (Å²) >= 11 is 0. The SMILES string of the molecule is O=c1cc2c(nn1CCN1CCN(Cc3cnoc3)CC1)CCC2. The zero-order chi connectivity index (χ0) is 16.4. The lowest BCUT2D eigenvalue weighted by Gasteiger charge is -2.34. The third-order valence-electron chi connectivity index (χ3n) is 5.01. The Morgan fingerprint density at radius 1 is 1.08 bits per heavy atom. The van der Waals surface area contributed by atoms with Gasteiger partial charge in [-0.25, -0.2) is 4.68 Å². The molecule has 0 spiro atoms. The summed E-state index contributed by atoms with van der Waals surface area (Å²) in [7, 11) is 0. The molecule has 24 heavy (non-hydrogen) atoms. The first-order valence-corrected chi connectivity index (χ1v) is 8.71. The molecule has 0 atom stereocenters. The van der Waals surface area contributed by atoms with Crippen LogP contribution in [0.15, 0.2) is 27.8 Å². The lowest BCUT2D eigenvalue weighted by Crippen LogP contribution is -2.47. The van der Waals surface area contributed by atoms with E-state index >= 15 is 0 Å². The molecule has 0 saturated carbocycles. The van der Waals surface area contributed by atoms with Crippen LogP contribution in [0, 0.1) is 0 Å². The van der Waals surface area contributed by atoms with Gasteiger partial charge in [-0.05, 0) is 24.8 Å². The van der Waals surface area contributed by atoms with Gasteiger partial charge in [0.25, 0.3) is 5.56 Å². The van der Waals surface area contributed by atoms with Gasteiger partial charge in [0.2, 0.25) is 0 Å². The van der Waals surface area contributed by atoms with Crippen LogP contribution < -0.4 is 5.56 Å². The zero-order valence-corrected chi connectivity index (χ0v) is 13.9. The number of aryl methyl sites for hydroxylation is 2. The second kappa shape index (κ2) is 6.86. The highest BCUT2D eigenvalue weighted by molar-refractivity contribution is 5.22. The summed E-state index contributed by atoms with van der Waals surface area (Å²) in [5.74, 6) is 0. The van der Waals surface area contributed by atoms with Gasteiger partial charge in [0.1, 0.15) is 6.26 Å². The molecule has 128 valence electrons. The van der Waals surface area contributed by atoms with Crippen LogP contribution in [0.2, 0.25) is 0 Å². The first-order chi connectivity index (χ1) is 11.8. The Hall–Kier alpha value is -1.99. The number of nitrogens with zero attached hydrogens (tertiary/aromatic N) is 5. The predicted octanol–water partition coefficient (Wildman–Crippen LogP) is 0.538. The molecular weight excluding hydrogens is 306 g/mol. The maximum atomic E-state index is 12.1. The minimum atomic E-state index is 0.0433. The second-order valence-corrected chi connectivity index (χ2v) is 6.68. The van der Waals surface area contributed by atoms with Crippen LogP contribution in [-0.4, -0.2) is 57.5 Å². The van der Waals surface area contributed by atoms with E-state index < -0.39 is 0 Å². The average molecular weight is 329 g/mol. The largest absolute Gasteiger partial charge is 0.364 e. The van der Waals surface area contributed by atoms with Crippen molar-refractivity contribution in [1.82, 2.24) is 24.7 Å². The standard InChI is InChI=1S/C17H23N5O2/c23-17-10-15-2-1-3-16(15)19-22(17)9-8-20-4-6-21(7-5-20)12-14-11-18-24-13-14/h10-11,13H,1-9,12H2. The third kappa shape index (κ3) is 3.42. The Kier molecular flexibility index (Phi) is 4.44. The predicted molar refractivity (Wildman–Crippen MR) is 88.7 cm³/mol. The molecule has 1 aliphatic carbocycles. The van der Waals surface area contributed by atoms with Crippen LogP contribution >= 0.6 is 0 Å². The first-order valence-electron chi connectivity index (χ1n) is 8.71. The van der Waals surface area contributed by atoms with Gasteiger partial charge >= 0.3 is 0 Å². The van der Waals surface area contributed by atoms with Gasteiger partial charge in [0.05, 0.1) is 18.4 Å². The summed E-state index contributed by atoms with van der Waals surface area (Å²) < 4.78 is 6.53. The van der Waals surface area contributed by atoms with Gasteiger partial charge in [-0.3, -0.25) is 14.6 Å². The molecule has 0 radical (unpaired) electrons. The molecule has 2 aromatic heterocycles. The van der Waals surface area contributed by atoms with E-state index in [0.29, 0.717) is 6.54 Å². The van der Waals surface area contributed by atoms with E-state index in [4.69, 9.17) is 4.52 Å². The molecule has 4 rings (SSSR count). The van der Waals surface area contributed by atoms with Crippen LogP contribution in [0.4, 0.5) is 0 Å². The van der Waals surface area contributed by atoms with Crippen molar-refractivity contribution in [2.75, 3.05) is 32.7 Å². The van der Waals surface area contributed by atoms with Crippen molar-refractivity contribution in [2.24, 2.45) is 0 Å². The minimum absolute atomic E-state index is 0.0433. The van der Waals surface area contributed by atoms with Gasteiger partial charge in [0, 0.05) is 50.9 Å². The lowest BCUT2D eigenvalue weighted by molar-refractivity contribution is 0.122. The van der Waals surface area contributed by atoms with E-state index in [1.54, 1.807) is 23.2 Å². The van der Waals surface area contributed by atoms with Crippen molar-refractivity contribution in [3.05, 3.63) is 45.7 Å². The Morgan fingerprint density at radius 3 is 2.71 bits per heavy atom. The van der Waals surface area contributed by atoms with Crippen LogP contribution in [0.1, 0.15) is 23.2 Å². The normalized spacial score (nSPS) is 18.8. The van der Waals surface area contributed by atoms with E-state index in [9.17, 15) is 4.79 Å². The van der Waals surface area contributed by atoms with E-state index in [1.807, 2.05) is 0 Å². The third-order valence-corrected chi connectivity index (χ3v) is 5.01. The summed E-state index contributed by atoms with van der Waals surface area (Å²) in [6.45, 7) is 6.54. The smallest absolute Gasteiger partial charge is 0.267 e. The molecule has 7 nitrogen and oxygen atoms in total. The van der Waals surface area contributed by atoms with Crippen molar-refractivity contribution in [3.8, 4) is 0 Å². The minimum Gasteiger partial charge on any atom is -0.364 e. The fourth-order valence-electron chi connectivity index (χ4n) is 3.57. The number of aromatic nitrogens is 3. The number of rotatable bonds is 5. The Balaban J connectivity index is 1.28. The van der Waals surface area contributed by atoms with Crippen LogP contribution in [0.25, 0.3) is 0 Å². The van der Waals surface area contributed by atoms with Gasteiger partial charge in [-0.15, -0.1) is 0 Å². The molecule has 0 unspecified atom stereocenters. The summed E-state index contributed by atoms with van der Waals surface area (Å²) in [6.07, 6.45) is 6.63.